The molecule has 11 N–H and O–H groups in total. The molecule has 0 aromatic heterocycles. The molecule has 0 spiro atoms. The molecule has 4 fully saturated rings. The fraction of sp³-hybridized carbons (Fsp3) is 0.491. The number of aliphatic hydroxyl groups is 9. The lowest BCUT2D eigenvalue weighted by Gasteiger charge is -2.50. The molecule has 0 aliphatic carbocycles. The maximum Gasteiger partial charge on any atom is 0.338 e. The molecule has 19 unspecified atom stereocenters. The Labute approximate surface area is 460 Å². The van der Waals surface area contributed by atoms with E-state index in [9.17, 15) is 80.1 Å². The summed E-state index contributed by atoms with van der Waals surface area (Å²) >= 11 is 0. The van der Waals surface area contributed by atoms with Gasteiger partial charge in [0.05, 0.1) is 18.8 Å². The van der Waals surface area contributed by atoms with Crippen LogP contribution in [-0.2, 0) is 76.0 Å². The van der Waals surface area contributed by atoms with Gasteiger partial charge in [-0.05, 0) is 59.7 Å². The van der Waals surface area contributed by atoms with E-state index in [-0.39, 0.29) is 17.1 Å². The SMILES string of the molecule is CC(=O)OCC1OC(OC2C(OC(=O)C=Cc3ccc(O)cc3)C(COC(C)=O)OC(OC3(COC(=O)C=Cc4ccc(O)cc4)OC(CO)C(O)C3OC(=O)c3ccccc3)C2OC2OC(CO)C(O)C(O)C2O)C(O)C(O)C1O. The van der Waals surface area contributed by atoms with Gasteiger partial charge in [0.25, 0.3) is 0 Å². The largest absolute Gasteiger partial charge is 0.508 e. The van der Waals surface area contributed by atoms with Gasteiger partial charge in [-0.25, -0.2) is 14.4 Å². The highest BCUT2D eigenvalue weighted by atomic mass is 16.8. The fourth-order valence-electron chi connectivity index (χ4n) is 8.85. The summed E-state index contributed by atoms with van der Waals surface area (Å²) < 4.78 is 71.2. The third-order valence-corrected chi connectivity index (χ3v) is 13.1. The van der Waals surface area contributed by atoms with Gasteiger partial charge in [-0.2, -0.15) is 0 Å². The molecule has 3 aromatic carbocycles. The first kappa shape index (κ1) is 62.1. The molecule has 81 heavy (non-hydrogen) atoms. The van der Waals surface area contributed by atoms with E-state index in [2.05, 4.69) is 0 Å². The van der Waals surface area contributed by atoms with Crippen LogP contribution in [0.1, 0.15) is 35.3 Å². The Hall–Kier alpha value is -6.55. The number of phenolic OH excluding ortho intramolecular Hbond substituents is 2. The van der Waals surface area contributed by atoms with Gasteiger partial charge in [-0.3, -0.25) is 9.59 Å². The Morgan fingerprint density at radius 3 is 1.56 bits per heavy atom. The molecule has 442 valence electrons. The monoisotopic (exact) mass is 1150 g/mol. The molecule has 0 amide bonds. The van der Waals surface area contributed by atoms with Crippen LogP contribution in [0.25, 0.3) is 12.2 Å². The van der Waals surface area contributed by atoms with Crippen LogP contribution in [0.3, 0.4) is 0 Å². The van der Waals surface area contributed by atoms with Gasteiger partial charge in [0.1, 0.15) is 111 Å². The molecule has 28 heteroatoms. The van der Waals surface area contributed by atoms with Gasteiger partial charge in [0.15, 0.2) is 31.1 Å². The highest BCUT2D eigenvalue weighted by Crippen LogP contribution is 2.42. The van der Waals surface area contributed by atoms with Crippen LogP contribution in [0, 0.1) is 0 Å². The van der Waals surface area contributed by atoms with Crippen LogP contribution >= 0.6 is 0 Å². The topological polar surface area (TPSA) is 419 Å². The molecule has 4 heterocycles. The minimum Gasteiger partial charge on any atom is -0.508 e. The third kappa shape index (κ3) is 15.5. The number of phenols is 2. The van der Waals surface area contributed by atoms with Crippen molar-refractivity contribution >= 4 is 42.0 Å². The van der Waals surface area contributed by atoms with E-state index in [1.165, 1.54) is 84.9 Å². The normalized spacial score (nSPS) is 34.1. The van der Waals surface area contributed by atoms with Gasteiger partial charge < -0.3 is 113 Å². The minimum atomic E-state index is -2.91. The standard InChI is InChI=1S/C53H62O28/c1-25(56)70-22-34-39(63)42(66)44(68)51(74-34)77-46-45(76-37(61)19-13-28-10-16-31(59)17-11-28)35(23-71-26(2)57)75-52(47(46)78-50-43(67)41(65)38(62)32(20-54)73-50)81-53(24-72-36(60)18-12-27-8-14-30(58)15-9-27)48(40(64)33(21-55)80-53)79-49(69)29-6-4-3-5-7-29/h3-19,32-35,38-48,50-52,54-55,58-59,62-68H,20-24H2,1-2H3. The van der Waals surface area contributed by atoms with Crippen molar-refractivity contribution < 1.29 is 137 Å². The van der Waals surface area contributed by atoms with Gasteiger partial charge in [-0.1, -0.05) is 42.5 Å². The summed E-state index contributed by atoms with van der Waals surface area (Å²) in [6.07, 6.45) is -33.4. The number of benzene rings is 3. The van der Waals surface area contributed by atoms with Crippen LogP contribution in [0.4, 0.5) is 0 Å². The van der Waals surface area contributed by atoms with Gasteiger partial charge in [-0.15, -0.1) is 0 Å². The molecular weight excluding hydrogens is 1080 g/mol. The molecule has 7 rings (SSSR count). The average Bonchev–Trinajstić information content (AvgIpc) is 3.46. The smallest absolute Gasteiger partial charge is 0.338 e. The minimum absolute atomic E-state index is 0.0870. The quantitative estimate of drug-likeness (QED) is 0.0291. The Balaban J connectivity index is 1.39. The summed E-state index contributed by atoms with van der Waals surface area (Å²) in [6, 6.07) is 18.2. The average molecular weight is 1150 g/mol. The predicted molar refractivity (Wildman–Crippen MR) is 265 cm³/mol. The van der Waals surface area contributed by atoms with E-state index in [0.29, 0.717) is 11.1 Å². The molecule has 28 nitrogen and oxygen atoms in total. The van der Waals surface area contributed by atoms with Crippen molar-refractivity contribution in [2.75, 3.05) is 33.0 Å². The second kappa shape index (κ2) is 27.9. The van der Waals surface area contributed by atoms with Crippen LogP contribution in [-0.4, -0.2) is 235 Å². The zero-order chi connectivity index (χ0) is 58.7. The van der Waals surface area contributed by atoms with Gasteiger partial charge in [0, 0.05) is 26.0 Å². The number of carbonyl (C=O) groups excluding carboxylic acids is 5. The highest BCUT2D eigenvalue weighted by Gasteiger charge is 2.64. The van der Waals surface area contributed by atoms with Crippen LogP contribution in [0.2, 0.25) is 0 Å². The van der Waals surface area contributed by atoms with Crippen molar-refractivity contribution in [1.29, 1.82) is 0 Å². The van der Waals surface area contributed by atoms with E-state index in [1.807, 2.05) is 0 Å². The first-order valence-corrected chi connectivity index (χ1v) is 25.1. The molecule has 0 saturated carbocycles. The Morgan fingerprint density at radius 1 is 0.519 bits per heavy atom. The number of esters is 5. The molecule has 4 saturated heterocycles. The molecular formula is C53H62O28. The number of hydrogen-bond acceptors (Lipinski definition) is 28. The first-order valence-electron chi connectivity index (χ1n) is 25.1. The number of rotatable bonds is 21. The zero-order valence-corrected chi connectivity index (χ0v) is 43.1. The van der Waals surface area contributed by atoms with Crippen molar-refractivity contribution in [2.24, 2.45) is 0 Å². The number of aromatic hydroxyl groups is 2. The Kier molecular flexibility index (Phi) is 21.4. The van der Waals surface area contributed by atoms with Gasteiger partial charge in [0.2, 0.25) is 5.79 Å². The van der Waals surface area contributed by atoms with Crippen molar-refractivity contribution in [2.45, 2.75) is 130 Å². The maximum atomic E-state index is 14.0. The number of aliphatic hydroxyl groups excluding tert-OH is 9. The Bertz CT molecular complexity index is 2630. The fourth-order valence-corrected chi connectivity index (χ4v) is 8.85. The second-order valence-electron chi connectivity index (χ2n) is 18.9. The van der Waals surface area contributed by atoms with Gasteiger partial charge >= 0.3 is 29.8 Å². The third-order valence-electron chi connectivity index (χ3n) is 13.1. The van der Waals surface area contributed by atoms with Crippen molar-refractivity contribution in [1.82, 2.24) is 0 Å². The lowest BCUT2D eigenvalue weighted by molar-refractivity contribution is -0.421. The number of ether oxygens (including phenoxy) is 12. The maximum absolute atomic E-state index is 14.0. The molecule has 0 radical (unpaired) electrons. The number of hydrogen-bond donors (Lipinski definition) is 11. The molecule has 4 aliphatic heterocycles. The molecule has 3 aromatic rings. The summed E-state index contributed by atoms with van der Waals surface area (Å²) in [5.74, 6) is -8.49. The van der Waals surface area contributed by atoms with Crippen molar-refractivity contribution in [3.63, 3.8) is 0 Å². The summed E-state index contributed by atoms with van der Waals surface area (Å²) in [5.41, 5.74) is 0.632. The number of carbonyl (C=O) groups is 5. The summed E-state index contributed by atoms with van der Waals surface area (Å²) in [4.78, 5) is 66.1. The zero-order valence-electron chi connectivity index (χ0n) is 43.1. The van der Waals surface area contributed by atoms with Crippen molar-refractivity contribution in [3.8, 4) is 11.5 Å². The molecule has 4 aliphatic rings. The lowest BCUT2D eigenvalue weighted by atomic mass is 9.95. The van der Waals surface area contributed by atoms with E-state index < -0.39 is 179 Å². The lowest BCUT2D eigenvalue weighted by Crippen LogP contribution is -2.69. The highest BCUT2D eigenvalue weighted by molar-refractivity contribution is 5.90. The summed E-state index contributed by atoms with van der Waals surface area (Å²) in [7, 11) is 0. The van der Waals surface area contributed by atoms with Crippen LogP contribution in [0.15, 0.2) is 91.0 Å². The van der Waals surface area contributed by atoms with Crippen LogP contribution < -0.4 is 0 Å². The van der Waals surface area contributed by atoms with E-state index >= 15 is 0 Å². The molecule has 0 bridgehead atoms. The summed E-state index contributed by atoms with van der Waals surface area (Å²) in [6.45, 7) is -2.98. The Morgan fingerprint density at radius 2 is 1.01 bits per heavy atom. The summed E-state index contributed by atoms with van der Waals surface area (Å²) in [5, 5.41) is 119. The predicted octanol–water partition coefficient (Wildman–Crippen LogP) is -2.80. The first-order chi connectivity index (χ1) is 38.6. The van der Waals surface area contributed by atoms with E-state index in [1.54, 1.807) is 6.07 Å². The molecule has 19 atom stereocenters. The van der Waals surface area contributed by atoms with Crippen LogP contribution in [0.5, 0.6) is 11.5 Å². The van der Waals surface area contributed by atoms with E-state index in [4.69, 9.17) is 56.8 Å². The van der Waals surface area contributed by atoms with Crippen molar-refractivity contribution in [3.05, 3.63) is 108 Å². The van der Waals surface area contributed by atoms with E-state index in [0.717, 1.165) is 26.0 Å². The second-order valence-corrected chi connectivity index (χ2v) is 18.9.